The van der Waals surface area contributed by atoms with Crippen LogP contribution in [-0.2, 0) is 0 Å². The van der Waals surface area contributed by atoms with Crippen LogP contribution in [0.2, 0.25) is 5.02 Å². The molecule has 0 unspecified atom stereocenters. The largest absolute Gasteiger partial charge is 0.569 e. The van der Waals surface area contributed by atoms with Gasteiger partial charge in [0.05, 0.1) is 5.02 Å². The second kappa shape index (κ2) is 4.12. The van der Waals surface area contributed by atoms with Crippen LogP contribution in [0.4, 0.5) is 4.39 Å². The third-order valence-electron chi connectivity index (χ3n) is 1.15. The molecule has 1 aromatic rings. The average Bonchev–Trinajstić information content (AvgIpc) is 2.01. The Hall–Kier alpha value is -0.255. The highest BCUT2D eigenvalue weighted by molar-refractivity contribution is 9.10. The van der Waals surface area contributed by atoms with Crippen LogP contribution < -0.4 is 4.65 Å². The van der Waals surface area contributed by atoms with Crippen LogP contribution in [0.5, 0.6) is 5.75 Å². The maximum absolute atomic E-state index is 12.9. The van der Waals surface area contributed by atoms with E-state index in [1.165, 1.54) is 6.07 Å². The van der Waals surface area contributed by atoms with E-state index in [1.807, 2.05) is 0 Å². The maximum atomic E-state index is 12.9. The summed E-state index contributed by atoms with van der Waals surface area (Å²) in [5.41, 5.74) is 0. The molecule has 0 fully saturated rings. The molecular weight excluding hydrogens is 249 g/mol. The van der Waals surface area contributed by atoms with Gasteiger partial charge in [0.15, 0.2) is 5.82 Å². The highest BCUT2D eigenvalue weighted by Crippen LogP contribution is 2.29. The van der Waals surface area contributed by atoms with Crippen LogP contribution in [-0.4, -0.2) is 12.7 Å². The summed E-state index contributed by atoms with van der Waals surface area (Å²) in [5, 5.41) is 8.55. The smallest absolute Gasteiger partial charge is 0.535 e. The second-order valence-electron chi connectivity index (χ2n) is 1.92. The highest BCUT2D eigenvalue weighted by Gasteiger charge is 2.07. The average molecular weight is 252 g/mol. The molecule has 63 valence electrons. The predicted octanol–water partition coefficient (Wildman–Crippen LogP) is 2.15. The van der Waals surface area contributed by atoms with Crippen molar-refractivity contribution in [2.45, 2.75) is 0 Å². The molecule has 0 heterocycles. The van der Waals surface area contributed by atoms with Gasteiger partial charge in [0.1, 0.15) is 5.75 Å². The Morgan fingerprint density at radius 1 is 1.58 bits per heavy atom. The molecule has 0 aliphatic heterocycles. The number of rotatable bonds is 2. The first kappa shape index (κ1) is 9.83. The first-order valence-electron chi connectivity index (χ1n) is 2.92. The summed E-state index contributed by atoms with van der Waals surface area (Å²) in [7, 11) is 0.392. The molecule has 0 atom stereocenters. The van der Waals surface area contributed by atoms with Crippen molar-refractivity contribution in [3.05, 3.63) is 27.4 Å². The summed E-state index contributed by atoms with van der Waals surface area (Å²) in [6.45, 7) is 0. The van der Waals surface area contributed by atoms with Gasteiger partial charge >= 0.3 is 7.69 Å². The van der Waals surface area contributed by atoms with Gasteiger partial charge < -0.3 is 9.68 Å². The summed E-state index contributed by atoms with van der Waals surface area (Å²) < 4.78 is 17.7. The van der Waals surface area contributed by atoms with Gasteiger partial charge in [0.2, 0.25) is 0 Å². The van der Waals surface area contributed by atoms with Gasteiger partial charge in [-0.15, -0.1) is 0 Å². The van der Waals surface area contributed by atoms with Crippen LogP contribution in [0, 0.1) is 5.82 Å². The fourth-order valence-electron chi connectivity index (χ4n) is 0.651. The molecule has 0 saturated carbocycles. The minimum Gasteiger partial charge on any atom is -0.535 e. The van der Waals surface area contributed by atoms with Crippen LogP contribution in [0.25, 0.3) is 0 Å². The zero-order valence-corrected chi connectivity index (χ0v) is 8.06. The number of hydrogen-bond donors (Lipinski definition) is 1. The second-order valence-corrected chi connectivity index (χ2v) is 3.18. The van der Waals surface area contributed by atoms with Crippen molar-refractivity contribution in [3.63, 3.8) is 0 Å². The van der Waals surface area contributed by atoms with E-state index in [0.717, 1.165) is 6.07 Å². The van der Waals surface area contributed by atoms with Crippen molar-refractivity contribution < 1.29 is 14.1 Å². The molecule has 0 spiro atoms. The standard InChI is InChI=1S/C6H3BBrClFO2/c8-3-1-5(10)6(12-7-11)2-4(3)9/h1-2,11H. The number of halogens is 3. The maximum Gasteiger partial charge on any atom is 0.569 e. The first-order valence-corrected chi connectivity index (χ1v) is 4.09. The molecule has 6 heteroatoms. The fourth-order valence-corrected chi connectivity index (χ4v) is 1.12. The van der Waals surface area contributed by atoms with E-state index in [4.69, 9.17) is 16.6 Å². The summed E-state index contributed by atoms with van der Waals surface area (Å²) in [5.74, 6) is -0.720. The van der Waals surface area contributed by atoms with Crippen LogP contribution >= 0.6 is 27.5 Å². The monoisotopic (exact) mass is 251 g/mol. The van der Waals surface area contributed by atoms with Crippen LogP contribution in [0.15, 0.2) is 16.6 Å². The van der Waals surface area contributed by atoms with E-state index < -0.39 is 5.82 Å². The molecule has 1 rings (SSSR count). The third-order valence-corrected chi connectivity index (χ3v) is 2.35. The quantitative estimate of drug-likeness (QED) is 0.645. The minimum absolute atomic E-state index is 0.120. The molecule has 0 amide bonds. The van der Waals surface area contributed by atoms with Crippen LogP contribution in [0.3, 0.4) is 0 Å². The Morgan fingerprint density at radius 3 is 2.83 bits per heavy atom. The lowest BCUT2D eigenvalue weighted by Crippen LogP contribution is -2.01. The van der Waals surface area contributed by atoms with E-state index in [0.29, 0.717) is 17.2 Å². The highest BCUT2D eigenvalue weighted by atomic mass is 79.9. The molecular formula is C6H3BBrClFO2. The molecule has 1 N–H and O–H groups in total. The topological polar surface area (TPSA) is 29.5 Å². The van der Waals surface area contributed by atoms with Gasteiger partial charge in [-0.2, -0.15) is 0 Å². The predicted molar refractivity (Wildman–Crippen MR) is 47.7 cm³/mol. The van der Waals surface area contributed by atoms with Crippen molar-refractivity contribution in [2.75, 3.05) is 0 Å². The SMILES string of the molecule is O[B]Oc1cc(Cl)c(Br)cc1F. The number of hydrogen-bond acceptors (Lipinski definition) is 2. The zero-order valence-electron chi connectivity index (χ0n) is 5.72. The molecule has 0 saturated heterocycles. The Balaban J connectivity index is 3.05. The Labute approximate surface area is 82.7 Å². The van der Waals surface area contributed by atoms with Gasteiger partial charge in [-0.1, -0.05) is 11.6 Å². The van der Waals surface area contributed by atoms with E-state index in [1.54, 1.807) is 0 Å². The van der Waals surface area contributed by atoms with Gasteiger partial charge in [0, 0.05) is 10.5 Å². The fraction of sp³-hybridized carbons (Fsp3) is 0. The van der Waals surface area contributed by atoms with Crippen molar-refractivity contribution in [1.29, 1.82) is 0 Å². The lowest BCUT2D eigenvalue weighted by molar-refractivity contribution is 0.431. The lowest BCUT2D eigenvalue weighted by atomic mass is 10.3. The Kier molecular flexibility index (Phi) is 3.37. The Bertz CT molecular complexity index is 297. The van der Waals surface area contributed by atoms with Crippen molar-refractivity contribution in [1.82, 2.24) is 0 Å². The zero-order chi connectivity index (χ0) is 9.14. The molecule has 0 aromatic heterocycles. The van der Waals surface area contributed by atoms with E-state index in [9.17, 15) is 4.39 Å². The van der Waals surface area contributed by atoms with Gasteiger partial charge in [0.25, 0.3) is 0 Å². The Morgan fingerprint density at radius 2 is 2.25 bits per heavy atom. The molecule has 1 radical (unpaired) electrons. The number of benzene rings is 1. The molecule has 0 bridgehead atoms. The summed E-state index contributed by atoms with van der Waals surface area (Å²) >= 11 is 8.66. The summed E-state index contributed by atoms with van der Waals surface area (Å²) in [4.78, 5) is 0. The molecule has 0 aliphatic carbocycles. The van der Waals surface area contributed by atoms with Gasteiger partial charge in [-0.3, -0.25) is 0 Å². The first-order chi connectivity index (χ1) is 5.65. The molecule has 12 heavy (non-hydrogen) atoms. The lowest BCUT2D eigenvalue weighted by Gasteiger charge is -2.04. The minimum atomic E-state index is -0.600. The van der Waals surface area contributed by atoms with Gasteiger partial charge in [-0.05, 0) is 22.0 Å². The van der Waals surface area contributed by atoms with Crippen molar-refractivity contribution in [3.8, 4) is 5.75 Å². The van der Waals surface area contributed by atoms with E-state index in [2.05, 4.69) is 20.6 Å². The van der Waals surface area contributed by atoms with E-state index >= 15 is 0 Å². The third kappa shape index (κ3) is 2.12. The van der Waals surface area contributed by atoms with Crippen molar-refractivity contribution >= 4 is 35.2 Å². The molecule has 0 aliphatic rings. The summed E-state index contributed by atoms with van der Waals surface area (Å²) in [6, 6.07) is 2.41. The van der Waals surface area contributed by atoms with E-state index in [-0.39, 0.29) is 5.75 Å². The van der Waals surface area contributed by atoms with Gasteiger partial charge in [-0.25, -0.2) is 4.39 Å². The normalized spacial score (nSPS) is 9.67. The van der Waals surface area contributed by atoms with Crippen LogP contribution in [0.1, 0.15) is 0 Å². The summed E-state index contributed by atoms with van der Waals surface area (Å²) in [6.07, 6.45) is 0. The van der Waals surface area contributed by atoms with Crippen molar-refractivity contribution in [2.24, 2.45) is 0 Å². The molecule has 2 nitrogen and oxygen atoms in total. The molecule has 1 aromatic carbocycles.